The number of hydrogen-bond donors (Lipinski definition) is 1. The van der Waals surface area contributed by atoms with Crippen LogP contribution in [-0.4, -0.2) is 22.9 Å². The summed E-state index contributed by atoms with van der Waals surface area (Å²) < 4.78 is 2.06. The molecule has 1 aliphatic carbocycles. The molecule has 0 spiro atoms. The Morgan fingerprint density at radius 2 is 2.38 bits per heavy atom. The van der Waals surface area contributed by atoms with Crippen molar-refractivity contribution in [3.8, 4) is 0 Å². The smallest absolute Gasteiger partial charge is 0.0521 e. The third-order valence-corrected chi connectivity index (χ3v) is 3.45. The SMILES string of the molecule is CCCn1cc(CCC(NC)C2CC2)cn1. The molecule has 2 rings (SSSR count). The third-order valence-electron chi connectivity index (χ3n) is 3.45. The van der Waals surface area contributed by atoms with Gasteiger partial charge in [-0.2, -0.15) is 5.10 Å². The number of aromatic nitrogens is 2. The van der Waals surface area contributed by atoms with E-state index in [4.69, 9.17) is 0 Å². The molecule has 1 atom stereocenters. The summed E-state index contributed by atoms with van der Waals surface area (Å²) >= 11 is 0. The molecule has 0 aromatic carbocycles. The molecule has 1 N–H and O–H groups in total. The fraction of sp³-hybridized carbons (Fsp3) is 0.769. The number of nitrogens with zero attached hydrogens (tertiary/aromatic N) is 2. The summed E-state index contributed by atoms with van der Waals surface area (Å²) in [6.45, 7) is 3.23. The van der Waals surface area contributed by atoms with Crippen LogP contribution in [-0.2, 0) is 13.0 Å². The Morgan fingerprint density at radius 3 is 3.00 bits per heavy atom. The standard InChI is InChI=1S/C13H23N3/c1-3-8-16-10-11(9-15-16)4-7-13(14-2)12-5-6-12/h9-10,12-14H,3-8H2,1-2H3. The average molecular weight is 221 g/mol. The highest BCUT2D eigenvalue weighted by molar-refractivity contribution is 5.05. The second-order valence-corrected chi connectivity index (χ2v) is 4.88. The Kier molecular flexibility index (Phi) is 3.99. The highest BCUT2D eigenvalue weighted by Gasteiger charge is 2.29. The predicted molar refractivity (Wildman–Crippen MR) is 66.4 cm³/mol. The first kappa shape index (κ1) is 11.6. The molecule has 3 nitrogen and oxygen atoms in total. The summed E-state index contributed by atoms with van der Waals surface area (Å²) in [5.74, 6) is 0.940. The summed E-state index contributed by atoms with van der Waals surface area (Å²) in [6.07, 6.45) is 10.6. The minimum atomic E-state index is 0.717. The molecular weight excluding hydrogens is 198 g/mol. The van der Waals surface area contributed by atoms with Crippen molar-refractivity contribution in [3.05, 3.63) is 18.0 Å². The molecule has 1 unspecified atom stereocenters. The van der Waals surface area contributed by atoms with Crippen LogP contribution in [0.25, 0.3) is 0 Å². The van der Waals surface area contributed by atoms with Crippen LogP contribution in [0.3, 0.4) is 0 Å². The van der Waals surface area contributed by atoms with Crippen LogP contribution in [0.1, 0.15) is 38.2 Å². The Labute approximate surface area is 98.2 Å². The average Bonchev–Trinajstić information content (AvgIpc) is 3.02. The van der Waals surface area contributed by atoms with Crippen LogP contribution in [0.4, 0.5) is 0 Å². The Morgan fingerprint density at radius 1 is 1.56 bits per heavy atom. The molecule has 1 aromatic rings. The Balaban J connectivity index is 1.78. The molecule has 1 aliphatic rings. The summed E-state index contributed by atoms with van der Waals surface area (Å²) in [5.41, 5.74) is 1.38. The van der Waals surface area contributed by atoms with Crippen LogP contribution in [0, 0.1) is 5.92 Å². The first-order valence-electron chi connectivity index (χ1n) is 6.52. The lowest BCUT2D eigenvalue weighted by molar-refractivity contribution is 0.470. The van der Waals surface area contributed by atoms with E-state index in [1.165, 1.54) is 24.8 Å². The number of aryl methyl sites for hydroxylation is 2. The molecule has 0 saturated heterocycles. The maximum absolute atomic E-state index is 4.37. The molecule has 3 heteroatoms. The van der Waals surface area contributed by atoms with Gasteiger partial charge in [-0.15, -0.1) is 0 Å². The van der Waals surface area contributed by atoms with E-state index in [0.29, 0.717) is 0 Å². The number of nitrogens with one attached hydrogen (secondary N) is 1. The molecule has 1 saturated carbocycles. The molecule has 0 aliphatic heterocycles. The predicted octanol–water partition coefficient (Wildman–Crippen LogP) is 2.22. The van der Waals surface area contributed by atoms with E-state index in [0.717, 1.165) is 31.3 Å². The summed E-state index contributed by atoms with van der Waals surface area (Å²) in [5, 5.41) is 7.81. The first-order chi connectivity index (χ1) is 7.83. The molecule has 1 heterocycles. The zero-order valence-electron chi connectivity index (χ0n) is 10.4. The number of hydrogen-bond acceptors (Lipinski definition) is 2. The molecular formula is C13H23N3. The fourth-order valence-corrected chi connectivity index (χ4v) is 2.32. The third kappa shape index (κ3) is 3.08. The van der Waals surface area contributed by atoms with E-state index in [9.17, 15) is 0 Å². The molecule has 0 bridgehead atoms. The normalized spacial score (nSPS) is 17.6. The van der Waals surface area contributed by atoms with Gasteiger partial charge in [0, 0.05) is 18.8 Å². The molecule has 0 amide bonds. The molecule has 1 fully saturated rings. The minimum Gasteiger partial charge on any atom is -0.317 e. The van der Waals surface area contributed by atoms with Crippen LogP contribution < -0.4 is 5.32 Å². The maximum Gasteiger partial charge on any atom is 0.0521 e. The van der Waals surface area contributed by atoms with Gasteiger partial charge in [0.25, 0.3) is 0 Å². The zero-order chi connectivity index (χ0) is 11.4. The van der Waals surface area contributed by atoms with Crippen LogP contribution >= 0.6 is 0 Å². The van der Waals surface area contributed by atoms with Crippen molar-refractivity contribution in [2.75, 3.05) is 7.05 Å². The second-order valence-electron chi connectivity index (χ2n) is 4.88. The van der Waals surface area contributed by atoms with E-state index >= 15 is 0 Å². The van der Waals surface area contributed by atoms with Gasteiger partial charge in [-0.1, -0.05) is 6.92 Å². The molecule has 0 radical (unpaired) electrons. The highest BCUT2D eigenvalue weighted by atomic mass is 15.3. The monoisotopic (exact) mass is 221 g/mol. The van der Waals surface area contributed by atoms with E-state index in [1.54, 1.807) is 0 Å². The van der Waals surface area contributed by atoms with Crippen LogP contribution in [0.5, 0.6) is 0 Å². The van der Waals surface area contributed by atoms with Gasteiger partial charge in [0.1, 0.15) is 0 Å². The molecule has 16 heavy (non-hydrogen) atoms. The van der Waals surface area contributed by atoms with Gasteiger partial charge in [0.05, 0.1) is 6.20 Å². The van der Waals surface area contributed by atoms with Gasteiger partial charge >= 0.3 is 0 Å². The van der Waals surface area contributed by atoms with Crippen molar-refractivity contribution < 1.29 is 0 Å². The van der Waals surface area contributed by atoms with Crippen molar-refractivity contribution in [2.45, 2.75) is 51.6 Å². The fourth-order valence-electron chi connectivity index (χ4n) is 2.32. The van der Waals surface area contributed by atoms with Crippen molar-refractivity contribution in [1.29, 1.82) is 0 Å². The lowest BCUT2D eigenvalue weighted by Crippen LogP contribution is -2.27. The second kappa shape index (κ2) is 5.48. The van der Waals surface area contributed by atoms with E-state index in [-0.39, 0.29) is 0 Å². The quantitative estimate of drug-likeness (QED) is 0.765. The van der Waals surface area contributed by atoms with Gasteiger partial charge in [-0.05, 0) is 50.6 Å². The lowest BCUT2D eigenvalue weighted by Gasteiger charge is -2.13. The van der Waals surface area contributed by atoms with Crippen molar-refractivity contribution in [3.63, 3.8) is 0 Å². The van der Waals surface area contributed by atoms with Gasteiger partial charge in [0.15, 0.2) is 0 Å². The highest BCUT2D eigenvalue weighted by Crippen LogP contribution is 2.34. The zero-order valence-corrected chi connectivity index (χ0v) is 10.4. The van der Waals surface area contributed by atoms with Crippen molar-refractivity contribution in [2.24, 2.45) is 5.92 Å². The van der Waals surface area contributed by atoms with Gasteiger partial charge in [-0.3, -0.25) is 4.68 Å². The van der Waals surface area contributed by atoms with Gasteiger partial charge in [0.2, 0.25) is 0 Å². The van der Waals surface area contributed by atoms with Gasteiger partial charge < -0.3 is 5.32 Å². The van der Waals surface area contributed by atoms with E-state index < -0.39 is 0 Å². The van der Waals surface area contributed by atoms with Crippen molar-refractivity contribution >= 4 is 0 Å². The topological polar surface area (TPSA) is 29.9 Å². The minimum absolute atomic E-state index is 0.717. The molecule has 90 valence electrons. The van der Waals surface area contributed by atoms with E-state index in [1.807, 2.05) is 6.20 Å². The Bertz CT molecular complexity index is 315. The van der Waals surface area contributed by atoms with Crippen molar-refractivity contribution in [1.82, 2.24) is 15.1 Å². The first-order valence-corrected chi connectivity index (χ1v) is 6.52. The molecule has 1 aromatic heterocycles. The summed E-state index contributed by atoms with van der Waals surface area (Å²) in [7, 11) is 2.09. The van der Waals surface area contributed by atoms with Crippen LogP contribution in [0.15, 0.2) is 12.4 Å². The maximum atomic E-state index is 4.37. The van der Waals surface area contributed by atoms with Crippen LogP contribution in [0.2, 0.25) is 0 Å². The lowest BCUT2D eigenvalue weighted by atomic mass is 10.0. The van der Waals surface area contributed by atoms with Gasteiger partial charge in [-0.25, -0.2) is 0 Å². The largest absolute Gasteiger partial charge is 0.317 e. The van der Waals surface area contributed by atoms with E-state index in [2.05, 4.69) is 35.3 Å². The Hall–Kier alpha value is -0.830. The number of rotatable bonds is 7. The summed E-state index contributed by atoms with van der Waals surface area (Å²) in [6, 6.07) is 0.717. The summed E-state index contributed by atoms with van der Waals surface area (Å²) in [4.78, 5) is 0.